The quantitative estimate of drug-likeness (QED) is 0.751. The molecule has 0 aliphatic carbocycles. The summed E-state index contributed by atoms with van der Waals surface area (Å²) in [5, 5.41) is 12.0. The predicted molar refractivity (Wildman–Crippen MR) is 85.0 cm³/mol. The minimum Gasteiger partial charge on any atom is -0.495 e. The number of nitrogens with two attached hydrogens (primary N) is 1. The van der Waals surface area contributed by atoms with E-state index in [1.807, 2.05) is 44.2 Å². The van der Waals surface area contributed by atoms with E-state index in [-0.39, 0.29) is 0 Å². The predicted octanol–water partition coefficient (Wildman–Crippen LogP) is 2.54. The maximum absolute atomic E-state index is 5.97. The standard InChI is InChI=1S/C16H17N5O/c1-10-6-11(2)8-13(7-10)21-16(18-19-20-21)12-4-5-15(22-3)14(17)9-12/h4-9H,17H2,1-3H3. The van der Waals surface area contributed by atoms with Gasteiger partial charge in [-0.3, -0.25) is 0 Å². The summed E-state index contributed by atoms with van der Waals surface area (Å²) in [7, 11) is 1.59. The Kier molecular flexibility index (Phi) is 3.50. The third-order valence-corrected chi connectivity index (χ3v) is 3.41. The molecule has 0 saturated heterocycles. The van der Waals surface area contributed by atoms with Gasteiger partial charge in [-0.2, -0.15) is 4.68 Å². The zero-order chi connectivity index (χ0) is 15.7. The Morgan fingerprint density at radius 3 is 2.41 bits per heavy atom. The third-order valence-electron chi connectivity index (χ3n) is 3.41. The molecule has 3 aromatic rings. The Bertz CT molecular complexity index is 805. The molecule has 0 unspecified atom stereocenters. The van der Waals surface area contributed by atoms with Gasteiger partial charge in [-0.25, -0.2) is 0 Å². The van der Waals surface area contributed by atoms with E-state index in [4.69, 9.17) is 10.5 Å². The fraction of sp³-hybridized carbons (Fsp3) is 0.188. The summed E-state index contributed by atoms with van der Waals surface area (Å²) in [6, 6.07) is 11.7. The smallest absolute Gasteiger partial charge is 0.187 e. The van der Waals surface area contributed by atoms with E-state index in [0.717, 1.165) is 22.4 Å². The first-order valence-electron chi connectivity index (χ1n) is 6.89. The molecule has 22 heavy (non-hydrogen) atoms. The molecule has 0 bridgehead atoms. The number of rotatable bonds is 3. The van der Waals surface area contributed by atoms with Gasteiger partial charge in [0.1, 0.15) is 5.75 Å². The van der Waals surface area contributed by atoms with Crippen LogP contribution in [-0.4, -0.2) is 27.3 Å². The molecule has 0 amide bonds. The van der Waals surface area contributed by atoms with E-state index in [0.29, 0.717) is 17.3 Å². The number of nitrogens with zero attached hydrogens (tertiary/aromatic N) is 4. The van der Waals surface area contributed by atoms with E-state index >= 15 is 0 Å². The van der Waals surface area contributed by atoms with Crippen LogP contribution < -0.4 is 10.5 Å². The van der Waals surface area contributed by atoms with Crippen molar-refractivity contribution in [2.45, 2.75) is 13.8 Å². The van der Waals surface area contributed by atoms with Gasteiger partial charge < -0.3 is 10.5 Å². The monoisotopic (exact) mass is 295 g/mol. The van der Waals surface area contributed by atoms with Gasteiger partial charge in [0, 0.05) is 5.56 Å². The molecule has 2 N–H and O–H groups in total. The topological polar surface area (TPSA) is 78.9 Å². The second kappa shape index (κ2) is 5.48. The molecule has 2 aromatic carbocycles. The van der Waals surface area contributed by atoms with Gasteiger partial charge in [-0.05, 0) is 65.7 Å². The summed E-state index contributed by atoms with van der Waals surface area (Å²) in [6.07, 6.45) is 0. The normalized spacial score (nSPS) is 10.7. The lowest BCUT2D eigenvalue weighted by atomic mass is 10.1. The van der Waals surface area contributed by atoms with Crippen molar-refractivity contribution in [2.24, 2.45) is 0 Å². The number of ether oxygens (including phenoxy) is 1. The molecular formula is C16H17N5O. The zero-order valence-electron chi connectivity index (χ0n) is 12.7. The van der Waals surface area contributed by atoms with Crippen molar-refractivity contribution in [1.29, 1.82) is 0 Å². The van der Waals surface area contributed by atoms with E-state index in [1.54, 1.807) is 11.8 Å². The fourth-order valence-electron chi connectivity index (χ4n) is 2.49. The van der Waals surface area contributed by atoms with E-state index < -0.39 is 0 Å². The van der Waals surface area contributed by atoms with Crippen LogP contribution in [0.25, 0.3) is 17.1 Å². The summed E-state index contributed by atoms with van der Waals surface area (Å²) < 4.78 is 6.89. The van der Waals surface area contributed by atoms with Crippen LogP contribution in [0.4, 0.5) is 5.69 Å². The lowest BCUT2D eigenvalue weighted by Crippen LogP contribution is -2.01. The third kappa shape index (κ3) is 2.50. The molecular weight excluding hydrogens is 278 g/mol. The first kappa shape index (κ1) is 14.1. The van der Waals surface area contributed by atoms with Gasteiger partial charge in [0.05, 0.1) is 18.5 Å². The molecule has 0 saturated carbocycles. The van der Waals surface area contributed by atoms with E-state index in [1.165, 1.54) is 0 Å². The highest BCUT2D eigenvalue weighted by atomic mass is 16.5. The van der Waals surface area contributed by atoms with Crippen LogP contribution in [0.15, 0.2) is 36.4 Å². The average molecular weight is 295 g/mol. The zero-order valence-corrected chi connectivity index (χ0v) is 12.7. The van der Waals surface area contributed by atoms with Crippen molar-refractivity contribution in [3.05, 3.63) is 47.5 Å². The number of hydrogen-bond donors (Lipinski definition) is 1. The molecule has 0 fully saturated rings. The van der Waals surface area contributed by atoms with Gasteiger partial charge in [0.2, 0.25) is 0 Å². The minimum atomic E-state index is 0.551. The molecule has 1 aromatic heterocycles. The molecule has 112 valence electrons. The van der Waals surface area contributed by atoms with Crippen molar-refractivity contribution >= 4 is 5.69 Å². The number of benzene rings is 2. The van der Waals surface area contributed by atoms with Crippen LogP contribution >= 0.6 is 0 Å². The Balaban J connectivity index is 2.11. The maximum Gasteiger partial charge on any atom is 0.187 e. The molecule has 0 radical (unpaired) electrons. The van der Waals surface area contributed by atoms with Crippen LogP contribution in [0.1, 0.15) is 11.1 Å². The summed E-state index contributed by atoms with van der Waals surface area (Å²) in [6.45, 7) is 4.10. The lowest BCUT2D eigenvalue weighted by Gasteiger charge is -2.09. The van der Waals surface area contributed by atoms with Crippen molar-refractivity contribution in [2.75, 3.05) is 12.8 Å². The molecule has 6 heteroatoms. The molecule has 3 rings (SSSR count). The number of anilines is 1. The summed E-state index contributed by atoms with van der Waals surface area (Å²) in [5.74, 6) is 1.27. The average Bonchev–Trinajstić information content (AvgIpc) is 2.95. The van der Waals surface area contributed by atoms with Crippen LogP contribution in [0.3, 0.4) is 0 Å². The maximum atomic E-state index is 5.97. The van der Waals surface area contributed by atoms with E-state index in [9.17, 15) is 0 Å². The molecule has 0 aliphatic heterocycles. The molecule has 1 heterocycles. The number of methoxy groups -OCH3 is 1. The highest BCUT2D eigenvalue weighted by Crippen LogP contribution is 2.28. The van der Waals surface area contributed by atoms with Gasteiger partial charge in [0.25, 0.3) is 0 Å². The number of aromatic nitrogens is 4. The van der Waals surface area contributed by atoms with E-state index in [2.05, 4.69) is 21.6 Å². The highest BCUT2D eigenvalue weighted by molar-refractivity contribution is 5.67. The molecule has 0 aliphatic rings. The van der Waals surface area contributed by atoms with Crippen LogP contribution in [0.2, 0.25) is 0 Å². The van der Waals surface area contributed by atoms with Gasteiger partial charge >= 0.3 is 0 Å². The van der Waals surface area contributed by atoms with Crippen molar-refractivity contribution in [3.63, 3.8) is 0 Å². The Labute approximate surface area is 128 Å². The summed E-state index contributed by atoms with van der Waals surface area (Å²) >= 11 is 0. The van der Waals surface area contributed by atoms with Crippen molar-refractivity contribution in [3.8, 4) is 22.8 Å². The lowest BCUT2D eigenvalue weighted by molar-refractivity contribution is 0.417. The number of tetrazole rings is 1. The Morgan fingerprint density at radius 1 is 1.05 bits per heavy atom. The Hall–Kier alpha value is -2.89. The highest BCUT2D eigenvalue weighted by Gasteiger charge is 2.13. The minimum absolute atomic E-state index is 0.551. The van der Waals surface area contributed by atoms with Crippen molar-refractivity contribution < 1.29 is 4.74 Å². The first-order chi connectivity index (χ1) is 10.6. The van der Waals surface area contributed by atoms with Gasteiger partial charge in [0.15, 0.2) is 5.82 Å². The second-order valence-electron chi connectivity index (χ2n) is 5.22. The fourth-order valence-corrected chi connectivity index (χ4v) is 2.49. The van der Waals surface area contributed by atoms with Crippen LogP contribution in [0, 0.1) is 13.8 Å². The van der Waals surface area contributed by atoms with Gasteiger partial charge in [-0.15, -0.1) is 5.10 Å². The molecule has 0 spiro atoms. The molecule has 6 nitrogen and oxygen atoms in total. The molecule has 0 atom stereocenters. The Morgan fingerprint density at radius 2 is 1.77 bits per heavy atom. The summed E-state index contributed by atoms with van der Waals surface area (Å²) in [4.78, 5) is 0. The number of hydrogen-bond acceptors (Lipinski definition) is 5. The van der Waals surface area contributed by atoms with Crippen molar-refractivity contribution in [1.82, 2.24) is 20.2 Å². The summed E-state index contributed by atoms with van der Waals surface area (Å²) in [5.41, 5.74) is 10.6. The largest absolute Gasteiger partial charge is 0.495 e. The van der Waals surface area contributed by atoms with Crippen LogP contribution in [0.5, 0.6) is 5.75 Å². The van der Waals surface area contributed by atoms with Crippen LogP contribution in [-0.2, 0) is 0 Å². The first-order valence-corrected chi connectivity index (χ1v) is 6.89. The number of nitrogen functional groups attached to an aromatic ring is 1. The SMILES string of the molecule is COc1ccc(-c2nnnn2-c2cc(C)cc(C)c2)cc1N. The van der Waals surface area contributed by atoms with Gasteiger partial charge in [-0.1, -0.05) is 6.07 Å². The second-order valence-corrected chi connectivity index (χ2v) is 5.22. The number of aryl methyl sites for hydroxylation is 2.